The molecule has 1 spiro atoms. The van der Waals surface area contributed by atoms with E-state index >= 15 is 0 Å². The smallest absolute Gasteiger partial charge is 0.166 e. The number of hydrogen-bond acceptors (Lipinski definition) is 2. The van der Waals surface area contributed by atoms with Crippen LogP contribution in [0.15, 0.2) is 30.3 Å². The van der Waals surface area contributed by atoms with Crippen molar-refractivity contribution in [3.63, 3.8) is 0 Å². The Bertz CT molecular complexity index is 524. The first-order valence-corrected chi connectivity index (χ1v) is 9.13. The summed E-state index contributed by atoms with van der Waals surface area (Å²) in [6, 6.07) is 10.9. The van der Waals surface area contributed by atoms with Gasteiger partial charge in [-0.25, -0.2) is 0 Å². The molecule has 2 heterocycles. The van der Waals surface area contributed by atoms with Crippen LogP contribution in [0.3, 0.4) is 0 Å². The first-order valence-electron chi connectivity index (χ1n) is 9.13. The second kappa shape index (κ2) is 5.35. The Labute approximate surface area is 133 Å². The molecule has 2 saturated heterocycles. The van der Waals surface area contributed by atoms with Crippen molar-refractivity contribution in [2.75, 3.05) is 0 Å². The predicted molar refractivity (Wildman–Crippen MR) is 87.5 cm³/mol. The van der Waals surface area contributed by atoms with E-state index in [1.54, 1.807) is 0 Å². The Kier molecular flexibility index (Phi) is 3.58. The Hall–Kier alpha value is -0.860. The van der Waals surface area contributed by atoms with Crippen molar-refractivity contribution < 1.29 is 9.84 Å². The van der Waals surface area contributed by atoms with Crippen molar-refractivity contribution in [3.05, 3.63) is 35.9 Å². The molecule has 5 atom stereocenters. The number of hydrogen-bond donors (Lipinski definition) is 1. The lowest BCUT2D eigenvalue weighted by Gasteiger charge is -2.61. The summed E-state index contributed by atoms with van der Waals surface area (Å²) in [4.78, 5) is 0. The van der Waals surface area contributed by atoms with Gasteiger partial charge in [-0.05, 0) is 49.0 Å². The van der Waals surface area contributed by atoms with Crippen LogP contribution >= 0.6 is 0 Å². The van der Waals surface area contributed by atoms with E-state index in [0.717, 1.165) is 38.0 Å². The van der Waals surface area contributed by atoms with Crippen molar-refractivity contribution >= 4 is 0 Å². The molecule has 0 radical (unpaired) electrons. The minimum absolute atomic E-state index is 0.0648. The van der Waals surface area contributed by atoms with E-state index in [1.165, 1.54) is 24.8 Å². The summed E-state index contributed by atoms with van der Waals surface area (Å²) < 4.78 is 6.44. The Morgan fingerprint density at radius 3 is 2.68 bits per heavy atom. The molecule has 1 N–H and O–H groups in total. The highest BCUT2D eigenvalue weighted by molar-refractivity contribution is 5.25. The van der Waals surface area contributed by atoms with Gasteiger partial charge in [-0.2, -0.15) is 0 Å². The minimum Gasteiger partial charge on any atom is -0.365 e. The van der Waals surface area contributed by atoms with Crippen LogP contribution in [-0.4, -0.2) is 16.5 Å². The maximum Gasteiger partial charge on any atom is 0.166 e. The molecule has 3 fully saturated rings. The maximum atomic E-state index is 11.0. The van der Waals surface area contributed by atoms with Gasteiger partial charge in [0.05, 0.1) is 5.60 Å². The summed E-state index contributed by atoms with van der Waals surface area (Å²) in [6.45, 7) is 2.33. The molecule has 22 heavy (non-hydrogen) atoms. The molecule has 0 aromatic heterocycles. The third kappa shape index (κ3) is 2.23. The van der Waals surface area contributed by atoms with E-state index in [4.69, 9.17) is 4.74 Å². The highest BCUT2D eigenvalue weighted by atomic mass is 16.6. The fourth-order valence-corrected chi connectivity index (χ4v) is 5.79. The number of rotatable bonds is 2. The molecule has 2 nitrogen and oxygen atoms in total. The third-order valence-corrected chi connectivity index (χ3v) is 6.58. The van der Waals surface area contributed by atoms with Crippen molar-refractivity contribution in [3.8, 4) is 0 Å². The SMILES string of the molecule is CC[C@H]1CCC[C@@]23CCC[C@@](O)(C[C@@H](c4ccccc4)[C@H]12)O3. The first kappa shape index (κ1) is 14.7. The molecule has 1 aliphatic carbocycles. The van der Waals surface area contributed by atoms with Crippen LogP contribution in [0, 0.1) is 11.8 Å². The van der Waals surface area contributed by atoms with Gasteiger partial charge in [-0.15, -0.1) is 0 Å². The average molecular weight is 300 g/mol. The lowest BCUT2D eigenvalue weighted by atomic mass is 9.55. The van der Waals surface area contributed by atoms with Crippen LogP contribution < -0.4 is 0 Å². The molecular formula is C20H28O2. The van der Waals surface area contributed by atoms with E-state index < -0.39 is 5.79 Å². The zero-order valence-corrected chi connectivity index (χ0v) is 13.6. The number of ether oxygens (including phenoxy) is 1. The molecule has 1 aromatic rings. The Balaban J connectivity index is 1.78. The van der Waals surface area contributed by atoms with E-state index in [2.05, 4.69) is 37.3 Å². The van der Waals surface area contributed by atoms with Gasteiger partial charge in [0, 0.05) is 12.8 Å². The van der Waals surface area contributed by atoms with Gasteiger partial charge in [0.2, 0.25) is 0 Å². The monoisotopic (exact) mass is 300 g/mol. The summed E-state index contributed by atoms with van der Waals surface area (Å²) in [6.07, 6.45) is 8.80. The number of fused-ring (bicyclic) bond motifs is 1. The first-order chi connectivity index (χ1) is 10.7. The lowest BCUT2D eigenvalue weighted by molar-refractivity contribution is -0.349. The zero-order chi connectivity index (χ0) is 15.2. The van der Waals surface area contributed by atoms with Crippen LogP contribution in [0.2, 0.25) is 0 Å². The summed E-state index contributed by atoms with van der Waals surface area (Å²) in [5.74, 6) is 0.881. The van der Waals surface area contributed by atoms with Crippen LogP contribution in [0.4, 0.5) is 0 Å². The Morgan fingerprint density at radius 2 is 1.91 bits per heavy atom. The van der Waals surface area contributed by atoms with Gasteiger partial charge in [-0.1, -0.05) is 50.1 Å². The van der Waals surface area contributed by atoms with Crippen molar-refractivity contribution in [1.29, 1.82) is 0 Å². The standard InChI is InChI=1S/C20H28O2/c1-2-15-10-6-11-19-12-7-13-20(21,22-19)14-17(18(15)19)16-8-4-3-5-9-16/h3-5,8-9,15,17-18,21H,2,6-7,10-14H2,1H3/t15-,17-,18-,19+,20-/m0/s1. The summed E-state index contributed by atoms with van der Waals surface area (Å²) in [5.41, 5.74) is 1.34. The zero-order valence-electron chi connectivity index (χ0n) is 13.6. The minimum atomic E-state index is -0.884. The van der Waals surface area contributed by atoms with Gasteiger partial charge in [0.15, 0.2) is 5.79 Å². The molecule has 4 rings (SSSR count). The van der Waals surface area contributed by atoms with Crippen molar-refractivity contribution in [2.45, 2.75) is 75.6 Å². The van der Waals surface area contributed by atoms with E-state index in [9.17, 15) is 5.11 Å². The molecule has 1 aromatic carbocycles. The highest BCUT2D eigenvalue weighted by Crippen LogP contribution is 2.60. The van der Waals surface area contributed by atoms with Gasteiger partial charge >= 0.3 is 0 Å². The molecule has 3 aliphatic rings. The second-order valence-corrected chi connectivity index (χ2v) is 7.77. The summed E-state index contributed by atoms with van der Waals surface area (Å²) in [7, 11) is 0. The van der Waals surface area contributed by atoms with Crippen molar-refractivity contribution in [2.24, 2.45) is 11.8 Å². The molecular weight excluding hydrogens is 272 g/mol. The fraction of sp³-hybridized carbons (Fsp3) is 0.700. The topological polar surface area (TPSA) is 29.5 Å². The lowest BCUT2D eigenvalue weighted by Crippen LogP contribution is -2.62. The third-order valence-electron chi connectivity index (χ3n) is 6.58. The average Bonchev–Trinajstić information content (AvgIpc) is 2.53. The molecule has 0 amide bonds. The molecule has 0 unspecified atom stereocenters. The normalized spacial score (nSPS) is 44.4. The van der Waals surface area contributed by atoms with Gasteiger partial charge in [0.1, 0.15) is 0 Å². The van der Waals surface area contributed by atoms with Crippen LogP contribution in [-0.2, 0) is 4.74 Å². The van der Waals surface area contributed by atoms with Crippen LogP contribution in [0.5, 0.6) is 0 Å². The molecule has 1 saturated carbocycles. The number of benzene rings is 1. The summed E-state index contributed by atoms with van der Waals surface area (Å²) >= 11 is 0. The largest absolute Gasteiger partial charge is 0.365 e. The Morgan fingerprint density at radius 1 is 1.14 bits per heavy atom. The van der Waals surface area contributed by atoms with Gasteiger partial charge in [0.25, 0.3) is 0 Å². The van der Waals surface area contributed by atoms with E-state index in [1.807, 2.05) is 0 Å². The summed E-state index contributed by atoms with van der Waals surface area (Å²) in [5, 5.41) is 11.0. The molecule has 2 bridgehead atoms. The quantitative estimate of drug-likeness (QED) is 0.863. The van der Waals surface area contributed by atoms with Gasteiger partial charge in [-0.3, -0.25) is 0 Å². The van der Waals surface area contributed by atoms with E-state index in [0.29, 0.717) is 11.8 Å². The van der Waals surface area contributed by atoms with Crippen molar-refractivity contribution in [1.82, 2.24) is 0 Å². The highest BCUT2D eigenvalue weighted by Gasteiger charge is 2.59. The fourth-order valence-electron chi connectivity index (χ4n) is 5.79. The molecule has 2 aliphatic heterocycles. The second-order valence-electron chi connectivity index (χ2n) is 7.77. The van der Waals surface area contributed by atoms with E-state index in [-0.39, 0.29) is 5.60 Å². The van der Waals surface area contributed by atoms with Gasteiger partial charge < -0.3 is 9.84 Å². The maximum absolute atomic E-state index is 11.0. The van der Waals surface area contributed by atoms with Crippen LogP contribution in [0.1, 0.15) is 69.8 Å². The number of aliphatic hydroxyl groups is 1. The molecule has 2 heteroatoms. The van der Waals surface area contributed by atoms with Crippen LogP contribution in [0.25, 0.3) is 0 Å². The molecule has 120 valence electrons. The predicted octanol–water partition coefficient (Wildman–Crippen LogP) is 4.63.